The van der Waals surface area contributed by atoms with Crippen LogP contribution in [0.4, 0.5) is 11.4 Å². The molecule has 0 spiro atoms. The van der Waals surface area contributed by atoms with Crippen molar-refractivity contribution in [1.82, 2.24) is 0 Å². The summed E-state index contributed by atoms with van der Waals surface area (Å²) < 4.78 is 11.0. The summed E-state index contributed by atoms with van der Waals surface area (Å²) in [6.07, 6.45) is 1.92. The molecule has 0 aromatic heterocycles. The molecule has 1 aromatic carbocycles. The molecule has 114 valence electrons. The van der Waals surface area contributed by atoms with E-state index >= 15 is 0 Å². The second kappa shape index (κ2) is 5.77. The molecular weight excluding hydrogens is 274 g/mol. The molecule has 0 atom stereocenters. The second-order valence-electron chi connectivity index (χ2n) is 5.41. The largest absolute Gasteiger partial charge is 0.486 e. The molecule has 0 aliphatic carbocycles. The summed E-state index contributed by atoms with van der Waals surface area (Å²) in [6, 6.07) is 3.20. The van der Waals surface area contributed by atoms with E-state index in [1.807, 2.05) is 4.90 Å². The Morgan fingerprint density at radius 1 is 1.24 bits per heavy atom. The van der Waals surface area contributed by atoms with Crippen molar-refractivity contribution >= 4 is 11.4 Å². The van der Waals surface area contributed by atoms with Gasteiger partial charge in [-0.1, -0.05) is 0 Å². The van der Waals surface area contributed by atoms with Crippen molar-refractivity contribution in [3.63, 3.8) is 0 Å². The van der Waals surface area contributed by atoms with Crippen LogP contribution in [0.2, 0.25) is 0 Å². The van der Waals surface area contributed by atoms with Gasteiger partial charge in [0.1, 0.15) is 18.9 Å². The average Bonchev–Trinajstić information content (AvgIpc) is 2.53. The first kappa shape index (κ1) is 13.9. The minimum absolute atomic E-state index is 0.0745. The van der Waals surface area contributed by atoms with Crippen molar-refractivity contribution in [1.29, 1.82) is 0 Å². The summed E-state index contributed by atoms with van der Waals surface area (Å²) in [7, 11) is 0. The van der Waals surface area contributed by atoms with Gasteiger partial charge in [0, 0.05) is 19.2 Å². The van der Waals surface area contributed by atoms with E-state index in [4.69, 9.17) is 15.2 Å². The van der Waals surface area contributed by atoms with E-state index in [0.717, 1.165) is 25.9 Å². The lowest BCUT2D eigenvalue weighted by Gasteiger charge is -2.33. The molecule has 0 unspecified atom stereocenters. The first-order chi connectivity index (χ1) is 10.2. The Bertz CT molecular complexity index is 541. The SMILES string of the molecule is NCC1CCN(c2cc3c(cc2[N+](=O)[O-])OCCO3)CC1. The van der Waals surface area contributed by atoms with Crippen molar-refractivity contribution in [3.8, 4) is 11.5 Å². The van der Waals surface area contributed by atoms with Crippen LogP contribution in [-0.2, 0) is 0 Å². The fourth-order valence-corrected chi connectivity index (χ4v) is 2.88. The molecule has 2 aliphatic rings. The Morgan fingerprint density at radius 2 is 1.86 bits per heavy atom. The summed E-state index contributed by atoms with van der Waals surface area (Å²) >= 11 is 0. The third-order valence-corrected chi connectivity index (χ3v) is 4.12. The zero-order chi connectivity index (χ0) is 14.8. The molecule has 3 rings (SSSR count). The van der Waals surface area contributed by atoms with E-state index < -0.39 is 0 Å². The standard InChI is InChI=1S/C14H19N3O4/c15-9-10-1-3-16(4-2-10)11-7-13-14(21-6-5-20-13)8-12(11)17(18)19/h7-8,10H,1-6,9,15H2. The molecule has 2 N–H and O–H groups in total. The highest BCUT2D eigenvalue weighted by Crippen LogP contribution is 2.41. The Labute approximate surface area is 122 Å². The fourth-order valence-electron chi connectivity index (χ4n) is 2.88. The number of piperidine rings is 1. The van der Waals surface area contributed by atoms with Crippen LogP contribution in [0.25, 0.3) is 0 Å². The van der Waals surface area contributed by atoms with E-state index in [9.17, 15) is 10.1 Å². The van der Waals surface area contributed by atoms with Crippen LogP contribution < -0.4 is 20.1 Å². The molecule has 7 nitrogen and oxygen atoms in total. The number of nitro groups is 1. The van der Waals surface area contributed by atoms with Crippen LogP contribution in [0, 0.1) is 16.0 Å². The summed E-state index contributed by atoms with van der Waals surface area (Å²) in [5.41, 5.74) is 6.38. The lowest BCUT2D eigenvalue weighted by molar-refractivity contribution is -0.384. The van der Waals surface area contributed by atoms with Crippen molar-refractivity contribution in [2.45, 2.75) is 12.8 Å². The predicted molar refractivity (Wildman–Crippen MR) is 78.1 cm³/mol. The van der Waals surface area contributed by atoms with Crippen LogP contribution >= 0.6 is 0 Å². The fraction of sp³-hybridized carbons (Fsp3) is 0.571. The van der Waals surface area contributed by atoms with E-state index in [1.165, 1.54) is 6.07 Å². The number of benzene rings is 1. The van der Waals surface area contributed by atoms with Crippen LogP contribution in [0.1, 0.15) is 12.8 Å². The molecule has 0 amide bonds. The van der Waals surface area contributed by atoms with Gasteiger partial charge in [-0.05, 0) is 25.3 Å². The maximum Gasteiger partial charge on any atom is 0.296 e. The monoisotopic (exact) mass is 293 g/mol. The number of nitrogens with two attached hydrogens (primary N) is 1. The minimum atomic E-state index is -0.359. The van der Waals surface area contributed by atoms with Gasteiger partial charge < -0.3 is 20.1 Å². The second-order valence-corrected chi connectivity index (χ2v) is 5.41. The molecule has 0 bridgehead atoms. The Kier molecular flexibility index (Phi) is 3.83. The topological polar surface area (TPSA) is 90.9 Å². The molecule has 2 heterocycles. The number of nitro benzene ring substituents is 1. The number of fused-ring (bicyclic) bond motifs is 1. The van der Waals surface area contributed by atoms with Gasteiger partial charge in [0.15, 0.2) is 11.5 Å². The lowest BCUT2D eigenvalue weighted by Crippen LogP contribution is -2.36. The van der Waals surface area contributed by atoms with Gasteiger partial charge in [-0.25, -0.2) is 0 Å². The predicted octanol–water partition coefficient (Wildman–Crippen LogP) is 1.54. The smallest absolute Gasteiger partial charge is 0.296 e. The third-order valence-electron chi connectivity index (χ3n) is 4.12. The molecule has 1 fully saturated rings. The van der Waals surface area contributed by atoms with Crippen molar-refractivity contribution in [3.05, 3.63) is 22.2 Å². The average molecular weight is 293 g/mol. The zero-order valence-corrected chi connectivity index (χ0v) is 11.8. The molecule has 7 heteroatoms. The number of nitrogens with zero attached hydrogens (tertiary/aromatic N) is 2. The van der Waals surface area contributed by atoms with Crippen LogP contribution in [0.5, 0.6) is 11.5 Å². The van der Waals surface area contributed by atoms with E-state index in [0.29, 0.717) is 42.9 Å². The van der Waals surface area contributed by atoms with Gasteiger partial charge in [-0.2, -0.15) is 0 Å². The van der Waals surface area contributed by atoms with E-state index in [-0.39, 0.29) is 10.6 Å². The Balaban J connectivity index is 1.91. The Hall–Kier alpha value is -2.02. The van der Waals surface area contributed by atoms with Gasteiger partial charge in [0.2, 0.25) is 0 Å². The maximum absolute atomic E-state index is 11.3. The van der Waals surface area contributed by atoms with Gasteiger partial charge in [-0.3, -0.25) is 10.1 Å². The van der Waals surface area contributed by atoms with Crippen molar-refractivity contribution in [2.75, 3.05) is 37.7 Å². The normalized spacial score (nSPS) is 18.6. The molecule has 21 heavy (non-hydrogen) atoms. The van der Waals surface area contributed by atoms with Gasteiger partial charge >= 0.3 is 0 Å². The highest BCUT2D eigenvalue weighted by Gasteiger charge is 2.28. The number of rotatable bonds is 3. The zero-order valence-electron chi connectivity index (χ0n) is 11.8. The summed E-state index contributed by atoms with van der Waals surface area (Å²) in [4.78, 5) is 13.0. The number of anilines is 1. The van der Waals surface area contributed by atoms with Crippen molar-refractivity contribution in [2.24, 2.45) is 11.7 Å². The highest BCUT2D eigenvalue weighted by atomic mass is 16.6. The maximum atomic E-state index is 11.3. The first-order valence-corrected chi connectivity index (χ1v) is 7.22. The van der Waals surface area contributed by atoms with E-state index in [1.54, 1.807) is 6.07 Å². The van der Waals surface area contributed by atoms with E-state index in [2.05, 4.69) is 0 Å². The van der Waals surface area contributed by atoms with Crippen LogP contribution in [-0.4, -0.2) is 37.8 Å². The first-order valence-electron chi connectivity index (χ1n) is 7.22. The lowest BCUT2D eigenvalue weighted by atomic mass is 9.96. The summed E-state index contributed by atoms with van der Waals surface area (Å²) in [6.45, 7) is 3.13. The number of hydrogen-bond donors (Lipinski definition) is 1. The summed E-state index contributed by atoms with van der Waals surface area (Å²) in [5.74, 6) is 1.55. The van der Waals surface area contributed by atoms with Gasteiger partial charge in [0.05, 0.1) is 11.0 Å². The third kappa shape index (κ3) is 2.73. The number of ether oxygens (including phenoxy) is 2. The molecule has 1 aromatic rings. The summed E-state index contributed by atoms with van der Waals surface area (Å²) in [5, 5.41) is 11.3. The van der Waals surface area contributed by atoms with Gasteiger partial charge in [0.25, 0.3) is 5.69 Å². The van der Waals surface area contributed by atoms with Crippen LogP contribution in [0.3, 0.4) is 0 Å². The number of hydrogen-bond acceptors (Lipinski definition) is 6. The van der Waals surface area contributed by atoms with Crippen molar-refractivity contribution < 1.29 is 14.4 Å². The molecule has 2 aliphatic heterocycles. The molecule has 1 saturated heterocycles. The Morgan fingerprint density at radius 3 is 2.43 bits per heavy atom. The van der Waals surface area contributed by atoms with Crippen LogP contribution in [0.15, 0.2) is 12.1 Å². The van der Waals surface area contributed by atoms with Gasteiger partial charge in [-0.15, -0.1) is 0 Å². The molecule has 0 radical (unpaired) electrons. The minimum Gasteiger partial charge on any atom is -0.486 e. The quantitative estimate of drug-likeness (QED) is 0.671. The molecule has 0 saturated carbocycles. The molecular formula is C14H19N3O4. The highest BCUT2D eigenvalue weighted by molar-refractivity contribution is 5.70.